The first kappa shape index (κ1) is 16.3. The van der Waals surface area contributed by atoms with Gasteiger partial charge in [0.15, 0.2) is 0 Å². The van der Waals surface area contributed by atoms with Crippen molar-refractivity contribution in [1.82, 2.24) is 14.5 Å². The molecule has 1 amide bonds. The van der Waals surface area contributed by atoms with E-state index in [9.17, 15) is 22.4 Å². The van der Waals surface area contributed by atoms with Crippen LogP contribution in [0.1, 0.15) is 22.8 Å². The smallest absolute Gasteiger partial charge is 0.449 e. The van der Waals surface area contributed by atoms with Crippen molar-refractivity contribution in [3.8, 4) is 0 Å². The predicted octanol–water partition coefficient (Wildman–Crippen LogP) is 3.13. The number of rotatable bonds is 2. The molecule has 0 radical (unpaired) electrons. The predicted molar refractivity (Wildman–Crippen MR) is 74.9 cm³/mol. The van der Waals surface area contributed by atoms with Crippen LogP contribution in [0.25, 0.3) is 0 Å². The van der Waals surface area contributed by atoms with Crippen LogP contribution in [-0.4, -0.2) is 32.2 Å². The number of nitrogens with zero attached hydrogens (tertiary/aromatic N) is 3. The van der Waals surface area contributed by atoms with Gasteiger partial charge in [-0.2, -0.15) is 13.2 Å². The monoisotopic (exact) mass is 343 g/mol. The van der Waals surface area contributed by atoms with Gasteiger partial charge < -0.3 is 14.6 Å². The summed E-state index contributed by atoms with van der Waals surface area (Å²) in [6, 6.07) is 5.18. The molecule has 0 bridgehead atoms. The second kappa shape index (κ2) is 5.81. The highest BCUT2D eigenvalue weighted by Gasteiger charge is 2.40. The SMILES string of the molecule is O=C(O)N1CCc2c(nc(C(F)(F)F)n2Cc2ccc(F)cc2)C1. The van der Waals surface area contributed by atoms with Crippen LogP contribution < -0.4 is 0 Å². The molecule has 3 rings (SSSR count). The van der Waals surface area contributed by atoms with Gasteiger partial charge in [-0.25, -0.2) is 14.2 Å². The van der Waals surface area contributed by atoms with Gasteiger partial charge in [-0.1, -0.05) is 12.1 Å². The number of imidazole rings is 1. The molecule has 5 nitrogen and oxygen atoms in total. The summed E-state index contributed by atoms with van der Waals surface area (Å²) in [6.07, 6.45) is -5.71. The van der Waals surface area contributed by atoms with E-state index in [2.05, 4.69) is 4.98 Å². The number of carboxylic acid groups (broad SMARTS) is 1. The topological polar surface area (TPSA) is 58.4 Å². The van der Waals surface area contributed by atoms with Crippen molar-refractivity contribution in [2.45, 2.75) is 25.7 Å². The molecule has 0 atom stereocenters. The quantitative estimate of drug-likeness (QED) is 0.853. The number of hydrogen-bond acceptors (Lipinski definition) is 2. The highest BCUT2D eigenvalue weighted by atomic mass is 19.4. The second-order valence-electron chi connectivity index (χ2n) is 5.49. The fraction of sp³-hybridized carbons (Fsp3) is 0.333. The number of alkyl halides is 3. The molecule has 0 spiro atoms. The Morgan fingerprint density at radius 2 is 1.92 bits per heavy atom. The Balaban J connectivity index is 2.01. The molecule has 9 heteroatoms. The lowest BCUT2D eigenvalue weighted by Crippen LogP contribution is -2.35. The zero-order valence-electron chi connectivity index (χ0n) is 12.3. The maximum absolute atomic E-state index is 13.3. The van der Waals surface area contributed by atoms with E-state index in [1.54, 1.807) is 0 Å². The van der Waals surface area contributed by atoms with Crippen molar-refractivity contribution in [1.29, 1.82) is 0 Å². The summed E-state index contributed by atoms with van der Waals surface area (Å²) in [6.45, 7) is -0.177. The van der Waals surface area contributed by atoms with E-state index in [1.165, 1.54) is 24.3 Å². The maximum atomic E-state index is 13.3. The number of benzene rings is 1. The summed E-state index contributed by atoms with van der Waals surface area (Å²) < 4.78 is 53.9. The van der Waals surface area contributed by atoms with Crippen molar-refractivity contribution >= 4 is 6.09 Å². The van der Waals surface area contributed by atoms with Crippen LogP contribution >= 0.6 is 0 Å². The number of fused-ring (bicyclic) bond motifs is 1. The summed E-state index contributed by atoms with van der Waals surface area (Å²) in [4.78, 5) is 15.7. The first-order valence-electron chi connectivity index (χ1n) is 7.13. The Morgan fingerprint density at radius 1 is 1.25 bits per heavy atom. The molecule has 0 fully saturated rings. The van der Waals surface area contributed by atoms with Gasteiger partial charge in [-0.15, -0.1) is 0 Å². The summed E-state index contributed by atoms with van der Waals surface area (Å²) in [7, 11) is 0. The summed E-state index contributed by atoms with van der Waals surface area (Å²) in [5, 5.41) is 8.99. The Bertz CT molecular complexity index is 768. The van der Waals surface area contributed by atoms with Crippen LogP contribution in [0.3, 0.4) is 0 Å². The molecule has 1 aliphatic rings. The van der Waals surface area contributed by atoms with Crippen LogP contribution in [0.5, 0.6) is 0 Å². The highest BCUT2D eigenvalue weighted by molar-refractivity contribution is 5.65. The van der Waals surface area contributed by atoms with Gasteiger partial charge in [0.1, 0.15) is 5.82 Å². The van der Waals surface area contributed by atoms with Crippen LogP contribution in [0.2, 0.25) is 0 Å². The van der Waals surface area contributed by atoms with Crippen molar-refractivity contribution < 1.29 is 27.5 Å². The molecule has 0 unspecified atom stereocenters. The third-order valence-corrected chi connectivity index (χ3v) is 3.89. The Kier molecular flexibility index (Phi) is 3.94. The minimum Gasteiger partial charge on any atom is -0.465 e. The molecule has 1 aliphatic heterocycles. The molecule has 1 aromatic heterocycles. The van der Waals surface area contributed by atoms with E-state index >= 15 is 0 Å². The Labute approximate surface area is 134 Å². The zero-order chi connectivity index (χ0) is 17.5. The molecule has 0 aliphatic carbocycles. The third-order valence-electron chi connectivity index (χ3n) is 3.89. The average Bonchev–Trinajstić information content (AvgIpc) is 2.87. The van der Waals surface area contributed by atoms with Crippen molar-refractivity contribution in [3.63, 3.8) is 0 Å². The average molecular weight is 343 g/mol. The Morgan fingerprint density at radius 3 is 2.50 bits per heavy atom. The molecule has 0 saturated heterocycles. The van der Waals surface area contributed by atoms with E-state index in [0.29, 0.717) is 11.3 Å². The highest BCUT2D eigenvalue weighted by Crippen LogP contribution is 2.33. The first-order chi connectivity index (χ1) is 11.3. The fourth-order valence-corrected chi connectivity index (χ4v) is 2.77. The molecule has 2 aromatic rings. The van der Waals surface area contributed by atoms with Crippen molar-refractivity contribution in [2.75, 3.05) is 6.54 Å². The third kappa shape index (κ3) is 3.06. The lowest BCUT2D eigenvalue weighted by atomic mass is 10.1. The first-order valence-corrected chi connectivity index (χ1v) is 7.13. The van der Waals surface area contributed by atoms with E-state index in [1.807, 2.05) is 0 Å². The molecule has 0 saturated carbocycles. The largest absolute Gasteiger partial charge is 0.465 e. The van der Waals surface area contributed by atoms with Gasteiger partial charge >= 0.3 is 12.3 Å². The second-order valence-corrected chi connectivity index (χ2v) is 5.49. The van der Waals surface area contributed by atoms with E-state index in [-0.39, 0.29) is 31.7 Å². The van der Waals surface area contributed by atoms with E-state index in [4.69, 9.17) is 5.11 Å². The lowest BCUT2D eigenvalue weighted by molar-refractivity contribution is -0.147. The molecule has 1 N–H and O–H groups in total. The number of halogens is 4. The van der Waals surface area contributed by atoms with Crippen molar-refractivity contribution in [3.05, 3.63) is 52.9 Å². The summed E-state index contributed by atoms with van der Waals surface area (Å²) in [5.41, 5.74) is 0.977. The van der Waals surface area contributed by atoms with Crippen LogP contribution in [0, 0.1) is 5.82 Å². The molecule has 1 aromatic carbocycles. The van der Waals surface area contributed by atoms with Crippen LogP contribution in [0.15, 0.2) is 24.3 Å². The summed E-state index contributed by atoms with van der Waals surface area (Å²) in [5.74, 6) is -1.54. The van der Waals surface area contributed by atoms with E-state index < -0.39 is 23.9 Å². The van der Waals surface area contributed by atoms with Gasteiger partial charge in [-0.3, -0.25) is 0 Å². The normalized spacial score (nSPS) is 14.6. The van der Waals surface area contributed by atoms with Gasteiger partial charge in [0.05, 0.1) is 12.2 Å². The summed E-state index contributed by atoms with van der Waals surface area (Å²) >= 11 is 0. The molecular weight excluding hydrogens is 330 g/mol. The van der Waals surface area contributed by atoms with Gasteiger partial charge in [0.25, 0.3) is 0 Å². The standard InChI is InChI=1S/C15H13F4N3O2/c16-10-3-1-9(2-4-10)7-22-12-5-6-21(14(23)24)8-11(12)20-13(22)15(17,18)19/h1-4H,5-8H2,(H,23,24). The maximum Gasteiger partial charge on any atom is 0.449 e. The molecule has 128 valence electrons. The number of carbonyl (C=O) groups is 1. The van der Waals surface area contributed by atoms with Gasteiger partial charge in [0.2, 0.25) is 5.82 Å². The lowest BCUT2D eigenvalue weighted by Gasteiger charge is -2.24. The fourth-order valence-electron chi connectivity index (χ4n) is 2.77. The van der Waals surface area contributed by atoms with Crippen molar-refractivity contribution in [2.24, 2.45) is 0 Å². The van der Waals surface area contributed by atoms with Crippen LogP contribution in [-0.2, 0) is 25.7 Å². The number of amides is 1. The van der Waals surface area contributed by atoms with Crippen LogP contribution in [0.4, 0.5) is 22.4 Å². The van der Waals surface area contributed by atoms with Gasteiger partial charge in [0, 0.05) is 25.2 Å². The van der Waals surface area contributed by atoms with Gasteiger partial charge in [-0.05, 0) is 17.7 Å². The Hall–Kier alpha value is -2.58. The zero-order valence-corrected chi connectivity index (χ0v) is 12.3. The number of aromatic nitrogens is 2. The molecule has 2 heterocycles. The minimum absolute atomic E-state index is 0.106. The minimum atomic E-state index is -4.66. The van der Waals surface area contributed by atoms with E-state index in [0.717, 1.165) is 9.47 Å². The number of hydrogen-bond donors (Lipinski definition) is 1. The molecule has 24 heavy (non-hydrogen) atoms. The molecular formula is C15H13F4N3O2.